The van der Waals surface area contributed by atoms with Gasteiger partial charge in [-0.15, -0.1) is 0 Å². The molecule has 4 rings (SSSR count). The molecule has 0 aliphatic carbocycles. The standard InChI is InChI=1S/C27H22FN5/c1-2-3-13-31-23-6-4-5-19(15-23)25-16-26(20-9-12-24(28)21(14-20)17-29)33-27(32-25)18-7-10-22(30)11-8-18/h2-12,14-16,31H,13,30H2,1H3/b3-2-. The second-order valence-electron chi connectivity index (χ2n) is 7.42. The van der Waals surface area contributed by atoms with Gasteiger partial charge in [0, 0.05) is 34.6 Å². The Morgan fingerprint density at radius 3 is 2.33 bits per heavy atom. The van der Waals surface area contributed by atoms with Crippen LogP contribution < -0.4 is 11.1 Å². The van der Waals surface area contributed by atoms with Gasteiger partial charge in [0.2, 0.25) is 0 Å². The number of halogens is 1. The largest absolute Gasteiger partial charge is 0.399 e. The number of nitrogens with two attached hydrogens (primary N) is 1. The summed E-state index contributed by atoms with van der Waals surface area (Å²) in [5, 5.41) is 12.6. The first-order valence-corrected chi connectivity index (χ1v) is 10.5. The van der Waals surface area contributed by atoms with Crippen LogP contribution in [-0.2, 0) is 0 Å². The molecule has 1 heterocycles. The molecule has 3 N–H and O–H groups in total. The van der Waals surface area contributed by atoms with Crippen LogP contribution in [-0.4, -0.2) is 16.5 Å². The Balaban J connectivity index is 1.84. The topological polar surface area (TPSA) is 87.6 Å². The predicted octanol–water partition coefficient (Wildman–Crippen LogP) is 6.06. The smallest absolute Gasteiger partial charge is 0.160 e. The van der Waals surface area contributed by atoms with E-state index in [0.29, 0.717) is 28.5 Å². The van der Waals surface area contributed by atoms with E-state index in [1.165, 1.54) is 12.1 Å². The Hall–Kier alpha value is -4.50. The molecule has 0 aliphatic heterocycles. The zero-order chi connectivity index (χ0) is 23.2. The van der Waals surface area contributed by atoms with Crippen molar-refractivity contribution in [2.45, 2.75) is 6.92 Å². The molecule has 6 heteroatoms. The van der Waals surface area contributed by atoms with Crippen LogP contribution in [0.25, 0.3) is 33.9 Å². The monoisotopic (exact) mass is 435 g/mol. The molecule has 0 fully saturated rings. The van der Waals surface area contributed by atoms with Crippen molar-refractivity contribution in [2.24, 2.45) is 0 Å². The Bertz CT molecular complexity index is 1350. The van der Waals surface area contributed by atoms with E-state index in [9.17, 15) is 9.65 Å². The molecular formula is C27H22FN5. The highest BCUT2D eigenvalue weighted by molar-refractivity contribution is 5.74. The lowest BCUT2D eigenvalue weighted by molar-refractivity contribution is 0.624. The van der Waals surface area contributed by atoms with Gasteiger partial charge in [0.25, 0.3) is 0 Å². The molecule has 0 unspecified atom stereocenters. The average Bonchev–Trinajstić information content (AvgIpc) is 2.85. The lowest BCUT2D eigenvalue weighted by atomic mass is 10.0. The van der Waals surface area contributed by atoms with Gasteiger partial charge in [0.15, 0.2) is 5.82 Å². The van der Waals surface area contributed by atoms with Crippen LogP contribution >= 0.6 is 0 Å². The van der Waals surface area contributed by atoms with Crippen molar-refractivity contribution >= 4 is 11.4 Å². The lowest BCUT2D eigenvalue weighted by Crippen LogP contribution is -1.99. The van der Waals surface area contributed by atoms with Gasteiger partial charge < -0.3 is 11.1 Å². The molecule has 0 aliphatic rings. The second-order valence-corrected chi connectivity index (χ2v) is 7.42. The first kappa shape index (κ1) is 21.7. The Labute approximate surface area is 192 Å². The maximum atomic E-state index is 13.9. The minimum Gasteiger partial charge on any atom is -0.399 e. The normalized spacial score (nSPS) is 10.8. The third-order valence-electron chi connectivity index (χ3n) is 5.10. The molecule has 0 atom stereocenters. The number of rotatable bonds is 6. The molecule has 162 valence electrons. The van der Waals surface area contributed by atoms with E-state index < -0.39 is 5.82 Å². The van der Waals surface area contributed by atoms with Crippen LogP contribution in [0.3, 0.4) is 0 Å². The van der Waals surface area contributed by atoms with Crippen LogP contribution in [0.1, 0.15) is 12.5 Å². The summed E-state index contributed by atoms with van der Waals surface area (Å²) in [7, 11) is 0. The van der Waals surface area contributed by atoms with Crippen molar-refractivity contribution in [3.8, 4) is 40.0 Å². The summed E-state index contributed by atoms with van der Waals surface area (Å²) in [4.78, 5) is 9.50. The van der Waals surface area contributed by atoms with Crippen LogP contribution in [0.15, 0.2) is 84.9 Å². The zero-order valence-electron chi connectivity index (χ0n) is 18.1. The number of nitriles is 1. The highest BCUT2D eigenvalue weighted by Gasteiger charge is 2.13. The molecule has 4 aromatic rings. The fourth-order valence-corrected chi connectivity index (χ4v) is 3.36. The van der Waals surface area contributed by atoms with E-state index in [4.69, 9.17) is 15.7 Å². The number of benzene rings is 3. The maximum Gasteiger partial charge on any atom is 0.160 e. The minimum atomic E-state index is -0.561. The number of nitrogen functional groups attached to an aromatic ring is 1. The molecule has 0 radical (unpaired) electrons. The molecule has 0 spiro atoms. The second kappa shape index (κ2) is 9.75. The number of anilines is 2. The summed E-state index contributed by atoms with van der Waals surface area (Å²) in [5.74, 6) is -0.0493. The van der Waals surface area contributed by atoms with Gasteiger partial charge in [-0.1, -0.05) is 24.3 Å². The van der Waals surface area contributed by atoms with E-state index in [2.05, 4.69) is 5.32 Å². The quantitative estimate of drug-likeness (QED) is 0.284. The third-order valence-corrected chi connectivity index (χ3v) is 5.10. The number of hydrogen-bond donors (Lipinski definition) is 2. The molecule has 33 heavy (non-hydrogen) atoms. The Morgan fingerprint density at radius 2 is 1.64 bits per heavy atom. The number of allylic oxidation sites excluding steroid dienone is 1. The summed E-state index contributed by atoms with van der Waals surface area (Å²) in [6.07, 6.45) is 4.03. The SMILES string of the molecule is C/C=C\CNc1cccc(-c2cc(-c3ccc(F)c(C#N)c3)nc(-c3ccc(N)cc3)n2)c1. The molecule has 0 amide bonds. The first-order chi connectivity index (χ1) is 16.1. The van der Waals surface area contributed by atoms with Gasteiger partial charge >= 0.3 is 0 Å². The number of nitrogens with one attached hydrogen (secondary N) is 1. The highest BCUT2D eigenvalue weighted by atomic mass is 19.1. The summed E-state index contributed by atoms with van der Waals surface area (Å²) in [6.45, 7) is 2.70. The molecule has 0 saturated heterocycles. The van der Waals surface area contributed by atoms with E-state index >= 15 is 0 Å². The maximum absolute atomic E-state index is 13.9. The van der Waals surface area contributed by atoms with E-state index in [1.54, 1.807) is 18.2 Å². The van der Waals surface area contributed by atoms with Crippen LogP contribution in [0.2, 0.25) is 0 Å². The fourth-order valence-electron chi connectivity index (χ4n) is 3.36. The average molecular weight is 436 g/mol. The van der Waals surface area contributed by atoms with Gasteiger partial charge in [-0.2, -0.15) is 5.26 Å². The third kappa shape index (κ3) is 5.05. The number of aromatic nitrogens is 2. The Kier molecular flexibility index (Phi) is 6.42. The number of hydrogen-bond acceptors (Lipinski definition) is 5. The van der Waals surface area contributed by atoms with Crippen molar-refractivity contribution < 1.29 is 4.39 Å². The molecule has 3 aromatic carbocycles. The lowest BCUT2D eigenvalue weighted by Gasteiger charge is -2.11. The van der Waals surface area contributed by atoms with E-state index in [-0.39, 0.29) is 5.56 Å². The molecule has 0 bridgehead atoms. The number of nitrogens with zero attached hydrogens (tertiary/aromatic N) is 3. The van der Waals surface area contributed by atoms with Crippen LogP contribution in [0, 0.1) is 17.1 Å². The van der Waals surface area contributed by atoms with Crippen molar-refractivity contribution in [3.63, 3.8) is 0 Å². The van der Waals surface area contributed by atoms with Crippen molar-refractivity contribution in [3.05, 3.63) is 96.3 Å². The zero-order valence-corrected chi connectivity index (χ0v) is 18.1. The van der Waals surface area contributed by atoms with Crippen molar-refractivity contribution in [2.75, 3.05) is 17.6 Å². The van der Waals surface area contributed by atoms with Crippen LogP contribution in [0.4, 0.5) is 15.8 Å². The van der Waals surface area contributed by atoms with Gasteiger partial charge in [-0.05, 0) is 67.6 Å². The molecule has 1 aromatic heterocycles. The summed E-state index contributed by atoms with van der Waals surface area (Å²) < 4.78 is 13.9. The summed E-state index contributed by atoms with van der Waals surface area (Å²) in [5.41, 5.74) is 11.1. The molecule has 5 nitrogen and oxygen atoms in total. The molecular weight excluding hydrogens is 413 g/mol. The van der Waals surface area contributed by atoms with Gasteiger partial charge in [-0.25, -0.2) is 14.4 Å². The van der Waals surface area contributed by atoms with Gasteiger partial charge in [-0.3, -0.25) is 0 Å². The van der Waals surface area contributed by atoms with Gasteiger partial charge in [0.1, 0.15) is 11.9 Å². The summed E-state index contributed by atoms with van der Waals surface area (Å²) >= 11 is 0. The van der Waals surface area contributed by atoms with Crippen molar-refractivity contribution in [1.29, 1.82) is 5.26 Å². The fraction of sp³-hybridized carbons (Fsp3) is 0.0741. The van der Waals surface area contributed by atoms with Crippen molar-refractivity contribution in [1.82, 2.24) is 9.97 Å². The Morgan fingerprint density at radius 1 is 0.939 bits per heavy atom. The van der Waals surface area contributed by atoms with Crippen LogP contribution in [0.5, 0.6) is 0 Å². The van der Waals surface area contributed by atoms with E-state index in [1.807, 2.05) is 67.6 Å². The minimum absolute atomic E-state index is 0.0307. The van der Waals surface area contributed by atoms with Gasteiger partial charge in [0.05, 0.1) is 17.0 Å². The predicted molar refractivity (Wildman–Crippen MR) is 131 cm³/mol. The van der Waals surface area contributed by atoms with E-state index in [0.717, 1.165) is 23.4 Å². The summed E-state index contributed by atoms with van der Waals surface area (Å²) in [6, 6.07) is 23.4. The highest BCUT2D eigenvalue weighted by Crippen LogP contribution is 2.29. The molecule has 0 saturated carbocycles. The first-order valence-electron chi connectivity index (χ1n) is 10.5.